The van der Waals surface area contributed by atoms with Gasteiger partial charge < -0.3 is 19.3 Å². The molecule has 7 nitrogen and oxygen atoms in total. The first-order chi connectivity index (χ1) is 15.1. The Balaban J connectivity index is 1.41. The monoisotopic (exact) mass is 440 g/mol. The third-order valence-corrected chi connectivity index (χ3v) is 6.29. The minimum Gasteiger partial charge on any atom is -0.493 e. The second-order valence-electron chi connectivity index (χ2n) is 8.01. The molecule has 4 rings (SSSR count). The summed E-state index contributed by atoms with van der Waals surface area (Å²) in [5, 5.41) is 3.11. The highest BCUT2D eigenvalue weighted by Gasteiger charge is 2.25. The standard InChI is InChI=1S/C23H28N4O3S/c1-16(2)6-12-30-19-5-4-17(14-20(19)29-3)23(28)27-10-8-26(9-11-27)21-18-7-13-31-22(18)25-15-24-21/h4-5,7,13-16H,6,8-12H2,1-3H3. The highest BCUT2D eigenvalue weighted by atomic mass is 32.1. The van der Waals surface area contributed by atoms with Gasteiger partial charge in [0.15, 0.2) is 11.5 Å². The Morgan fingerprint density at radius 3 is 2.68 bits per heavy atom. The first-order valence-electron chi connectivity index (χ1n) is 10.6. The van der Waals surface area contributed by atoms with E-state index in [1.165, 1.54) is 0 Å². The molecule has 2 aromatic heterocycles. The number of aromatic nitrogens is 2. The molecule has 31 heavy (non-hydrogen) atoms. The van der Waals surface area contributed by atoms with Crippen molar-refractivity contribution in [1.82, 2.24) is 14.9 Å². The number of rotatable bonds is 7. The zero-order chi connectivity index (χ0) is 21.8. The molecule has 3 aromatic rings. The number of thiophene rings is 1. The van der Waals surface area contributed by atoms with Crippen molar-refractivity contribution in [2.24, 2.45) is 5.92 Å². The molecule has 0 bridgehead atoms. The van der Waals surface area contributed by atoms with Gasteiger partial charge in [-0.05, 0) is 42.0 Å². The predicted molar refractivity (Wildman–Crippen MR) is 123 cm³/mol. The Morgan fingerprint density at radius 1 is 1.13 bits per heavy atom. The van der Waals surface area contributed by atoms with Gasteiger partial charge in [-0.3, -0.25) is 4.79 Å². The van der Waals surface area contributed by atoms with Gasteiger partial charge in [0.1, 0.15) is 17.0 Å². The van der Waals surface area contributed by atoms with Crippen LogP contribution in [-0.4, -0.2) is 60.7 Å². The van der Waals surface area contributed by atoms with E-state index in [0.717, 1.165) is 35.5 Å². The summed E-state index contributed by atoms with van der Waals surface area (Å²) in [6.45, 7) is 7.71. The minimum atomic E-state index is 0.00930. The van der Waals surface area contributed by atoms with Crippen LogP contribution in [-0.2, 0) is 0 Å². The number of ether oxygens (including phenoxy) is 2. The first kappa shape index (κ1) is 21.4. The number of nitrogens with zero attached hydrogens (tertiary/aromatic N) is 4. The van der Waals surface area contributed by atoms with Crippen LogP contribution in [0.4, 0.5) is 5.82 Å². The van der Waals surface area contributed by atoms with E-state index in [-0.39, 0.29) is 5.91 Å². The highest BCUT2D eigenvalue weighted by Crippen LogP contribution is 2.30. The highest BCUT2D eigenvalue weighted by molar-refractivity contribution is 7.16. The van der Waals surface area contributed by atoms with Gasteiger partial charge in [0.25, 0.3) is 5.91 Å². The summed E-state index contributed by atoms with van der Waals surface area (Å²) in [6.07, 6.45) is 2.58. The summed E-state index contributed by atoms with van der Waals surface area (Å²) in [7, 11) is 1.60. The lowest BCUT2D eigenvalue weighted by Gasteiger charge is -2.35. The van der Waals surface area contributed by atoms with E-state index in [0.29, 0.717) is 42.7 Å². The first-order valence-corrected chi connectivity index (χ1v) is 11.5. The van der Waals surface area contributed by atoms with Crippen molar-refractivity contribution in [3.63, 3.8) is 0 Å². The SMILES string of the molecule is COc1cc(C(=O)N2CCN(c3ncnc4sccc34)CC2)ccc1OCCC(C)C. The fourth-order valence-electron chi connectivity index (χ4n) is 3.66. The maximum Gasteiger partial charge on any atom is 0.254 e. The molecule has 8 heteroatoms. The van der Waals surface area contributed by atoms with E-state index in [1.54, 1.807) is 30.8 Å². The van der Waals surface area contributed by atoms with Gasteiger partial charge in [-0.15, -0.1) is 11.3 Å². The smallest absolute Gasteiger partial charge is 0.254 e. The number of methoxy groups -OCH3 is 1. The zero-order valence-electron chi connectivity index (χ0n) is 18.2. The molecule has 1 aromatic carbocycles. The molecule has 0 radical (unpaired) electrons. The van der Waals surface area contributed by atoms with Crippen LogP contribution >= 0.6 is 11.3 Å². The number of fused-ring (bicyclic) bond motifs is 1. The summed E-state index contributed by atoms with van der Waals surface area (Å²) >= 11 is 1.61. The third kappa shape index (κ3) is 4.74. The molecule has 0 saturated carbocycles. The van der Waals surface area contributed by atoms with E-state index in [1.807, 2.05) is 22.4 Å². The van der Waals surface area contributed by atoms with Crippen LogP contribution in [0.25, 0.3) is 10.2 Å². The summed E-state index contributed by atoms with van der Waals surface area (Å²) in [5.41, 5.74) is 0.615. The Labute approximate surface area is 186 Å². The average molecular weight is 441 g/mol. The quantitative estimate of drug-likeness (QED) is 0.551. The van der Waals surface area contributed by atoms with Crippen molar-refractivity contribution in [3.05, 3.63) is 41.5 Å². The molecule has 0 aliphatic carbocycles. The number of amides is 1. The van der Waals surface area contributed by atoms with E-state index < -0.39 is 0 Å². The summed E-state index contributed by atoms with van der Waals surface area (Å²) in [5.74, 6) is 2.80. The van der Waals surface area contributed by atoms with Gasteiger partial charge in [-0.25, -0.2) is 9.97 Å². The molecule has 1 aliphatic rings. The number of hydrogen-bond acceptors (Lipinski definition) is 7. The molecule has 0 N–H and O–H groups in total. The Kier molecular flexibility index (Phi) is 6.56. The van der Waals surface area contributed by atoms with Gasteiger partial charge in [-0.2, -0.15) is 0 Å². The van der Waals surface area contributed by atoms with Crippen molar-refractivity contribution in [2.45, 2.75) is 20.3 Å². The number of piperazine rings is 1. The van der Waals surface area contributed by atoms with Gasteiger partial charge in [-0.1, -0.05) is 13.8 Å². The summed E-state index contributed by atoms with van der Waals surface area (Å²) in [4.78, 5) is 27.0. The largest absolute Gasteiger partial charge is 0.493 e. The predicted octanol–water partition coefficient (Wildman–Crippen LogP) is 4.09. The van der Waals surface area contributed by atoms with Gasteiger partial charge >= 0.3 is 0 Å². The molecule has 1 amide bonds. The second-order valence-corrected chi connectivity index (χ2v) is 8.91. The van der Waals surface area contributed by atoms with E-state index >= 15 is 0 Å². The summed E-state index contributed by atoms with van der Waals surface area (Å²) < 4.78 is 11.3. The average Bonchev–Trinajstić information content (AvgIpc) is 3.28. The van der Waals surface area contributed by atoms with E-state index in [2.05, 4.69) is 34.8 Å². The molecule has 0 unspecified atom stereocenters. The molecule has 1 fully saturated rings. The van der Waals surface area contributed by atoms with Crippen molar-refractivity contribution in [2.75, 3.05) is 44.8 Å². The van der Waals surface area contributed by atoms with Crippen LogP contribution < -0.4 is 14.4 Å². The molecule has 0 spiro atoms. The van der Waals surface area contributed by atoms with Gasteiger partial charge in [0.05, 0.1) is 19.1 Å². The Bertz CT molecular complexity index is 1040. The minimum absolute atomic E-state index is 0.00930. The topological polar surface area (TPSA) is 67.8 Å². The van der Waals surface area contributed by atoms with Crippen LogP contribution in [0.1, 0.15) is 30.6 Å². The number of anilines is 1. The number of carbonyl (C=O) groups is 1. The molecule has 0 atom stereocenters. The van der Waals surface area contributed by atoms with Crippen LogP contribution in [0, 0.1) is 5.92 Å². The lowest BCUT2D eigenvalue weighted by Crippen LogP contribution is -2.49. The van der Waals surface area contributed by atoms with Crippen LogP contribution in [0.2, 0.25) is 0 Å². The molecule has 1 aliphatic heterocycles. The van der Waals surface area contributed by atoms with Crippen molar-refractivity contribution in [3.8, 4) is 11.5 Å². The summed E-state index contributed by atoms with van der Waals surface area (Å²) in [6, 6.07) is 7.49. The van der Waals surface area contributed by atoms with Crippen LogP contribution in [0.15, 0.2) is 36.0 Å². The Morgan fingerprint density at radius 2 is 1.94 bits per heavy atom. The van der Waals surface area contributed by atoms with Crippen LogP contribution in [0.3, 0.4) is 0 Å². The number of benzene rings is 1. The fourth-order valence-corrected chi connectivity index (χ4v) is 4.38. The van der Waals surface area contributed by atoms with Crippen molar-refractivity contribution in [1.29, 1.82) is 0 Å². The lowest BCUT2D eigenvalue weighted by atomic mass is 10.1. The number of hydrogen-bond donors (Lipinski definition) is 0. The van der Waals surface area contributed by atoms with Gasteiger partial charge in [0.2, 0.25) is 0 Å². The number of carbonyl (C=O) groups excluding carboxylic acids is 1. The second kappa shape index (κ2) is 9.51. The maximum absolute atomic E-state index is 13.1. The fraction of sp³-hybridized carbons (Fsp3) is 0.435. The third-order valence-electron chi connectivity index (χ3n) is 5.47. The van der Waals surface area contributed by atoms with E-state index in [4.69, 9.17) is 9.47 Å². The maximum atomic E-state index is 13.1. The lowest BCUT2D eigenvalue weighted by molar-refractivity contribution is 0.0746. The molecule has 1 saturated heterocycles. The molecular weight excluding hydrogens is 412 g/mol. The molecular formula is C23H28N4O3S. The van der Waals surface area contributed by atoms with Crippen molar-refractivity contribution >= 4 is 33.3 Å². The van der Waals surface area contributed by atoms with Crippen molar-refractivity contribution < 1.29 is 14.3 Å². The molecule has 164 valence electrons. The Hall–Kier alpha value is -2.87. The molecule has 3 heterocycles. The van der Waals surface area contributed by atoms with Gasteiger partial charge in [0, 0.05) is 31.7 Å². The van der Waals surface area contributed by atoms with Crippen LogP contribution in [0.5, 0.6) is 11.5 Å². The normalized spacial score (nSPS) is 14.3. The van der Waals surface area contributed by atoms with E-state index in [9.17, 15) is 4.79 Å². The zero-order valence-corrected chi connectivity index (χ0v) is 19.0.